The average Bonchev–Trinajstić information content (AvgIpc) is 3.17. The molecule has 1 heterocycles. The molecule has 1 aliphatic heterocycles. The Hall–Kier alpha value is -3.09. The number of benzene rings is 3. The summed E-state index contributed by atoms with van der Waals surface area (Å²) in [5, 5.41) is 5.83. The van der Waals surface area contributed by atoms with Crippen molar-refractivity contribution in [2.45, 2.75) is 52.6 Å². The van der Waals surface area contributed by atoms with Crippen molar-refractivity contribution in [3.05, 3.63) is 75.8 Å². The molecule has 1 N–H and O–H groups in total. The first-order chi connectivity index (χ1) is 18.2. The second kappa shape index (κ2) is 12.2. The topological polar surface area (TPSA) is 69.7 Å². The number of rotatable bonds is 11. The van der Waals surface area contributed by atoms with Gasteiger partial charge in [-0.25, -0.2) is 0 Å². The molecular formula is C30H33Cl2N3O3. The molecule has 6 nitrogen and oxygen atoms in total. The minimum Gasteiger partial charge on any atom is -0.354 e. The van der Waals surface area contributed by atoms with E-state index < -0.39 is 6.04 Å². The van der Waals surface area contributed by atoms with Gasteiger partial charge in [0, 0.05) is 52.6 Å². The van der Waals surface area contributed by atoms with Crippen LogP contribution < -0.4 is 10.2 Å². The SMILES string of the molecule is CCC(C(=O)NCC(C)C)N(Cc1c(Cl)cccc1Cl)C(=O)CCCN1C(=O)c2cccc3cccc1c23. The van der Waals surface area contributed by atoms with Crippen LogP contribution in [0.4, 0.5) is 5.69 Å². The summed E-state index contributed by atoms with van der Waals surface area (Å²) in [5.41, 5.74) is 2.16. The van der Waals surface area contributed by atoms with E-state index in [0.29, 0.717) is 47.1 Å². The number of amides is 3. The summed E-state index contributed by atoms with van der Waals surface area (Å²) >= 11 is 12.9. The molecule has 0 aromatic heterocycles. The zero-order valence-corrected chi connectivity index (χ0v) is 23.5. The zero-order chi connectivity index (χ0) is 27.4. The summed E-state index contributed by atoms with van der Waals surface area (Å²) in [6.45, 7) is 6.97. The zero-order valence-electron chi connectivity index (χ0n) is 22.0. The number of carbonyl (C=O) groups excluding carboxylic acids is 3. The summed E-state index contributed by atoms with van der Waals surface area (Å²) in [4.78, 5) is 43.2. The molecule has 0 radical (unpaired) electrons. The van der Waals surface area contributed by atoms with Crippen LogP contribution in [0.2, 0.25) is 10.0 Å². The Bertz CT molecular complexity index is 1330. The van der Waals surface area contributed by atoms with Gasteiger partial charge in [0.15, 0.2) is 0 Å². The molecule has 0 fully saturated rings. The van der Waals surface area contributed by atoms with Crippen molar-refractivity contribution >= 4 is 57.4 Å². The molecule has 1 unspecified atom stereocenters. The Morgan fingerprint density at radius 3 is 2.32 bits per heavy atom. The van der Waals surface area contributed by atoms with E-state index in [2.05, 4.69) is 5.32 Å². The third-order valence-electron chi connectivity index (χ3n) is 6.88. The summed E-state index contributed by atoms with van der Waals surface area (Å²) in [5.74, 6) is -0.155. The molecule has 0 saturated carbocycles. The van der Waals surface area contributed by atoms with Crippen molar-refractivity contribution in [2.24, 2.45) is 5.92 Å². The van der Waals surface area contributed by atoms with Gasteiger partial charge in [0.2, 0.25) is 11.8 Å². The molecule has 0 saturated heterocycles. The standard InChI is InChI=1S/C30H33Cl2N3O3/c1-4-25(29(37)33-17-19(2)3)35(18-22-23(31)12-7-13-24(22)32)27(36)15-8-16-34-26-14-6-10-20-9-5-11-21(28(20)26)30(34)38/h5-7,9-14,19,25H,4,8,15-18H2,1-3H3,(H,33,37). The Labute approximate surface area is 233 Å². The van der Waals surface area contributed by atoms with Gasteiger partial charge >= 0.3 is 0 Å². The average molecular weight is 555 g/mol. The maximum Gasteiger partial charge on any atom is 0.258 e. The summed E-state index contributed by atoms with van der Waals surface area (Å²) in [6.07, 6.45) is 1.07. The first-order valence-corrected chi connectivity index (χ1v) is 13.8. The van der Waals surface area contributed by atoms with Crippen LogP contribution in [0.15, 0.2) is 54.6 Å². The normalized spacial score (nSPS) is 13.3. The lowest BCUT2D eigenvalue weighted by Crippen LogP contribution is -2.49. The highest BCUT2D eigenvalue weighted by Gasteiger charge is 2.32. The van der Waals surface area contributed by atoms with Crippen LogP contribution in [0, 0.1) is 5.92 Å². The first-order valence-electron chi connectivity index (χ1n) is 13.1. The number of hydrogen-bond acceptors (Lipinski definition) is 3. The molecule has 0 bridgehead atoms. The summed E-state index contributed by atoms with van der Waals surface area (Å²) in [6, 6.07) is 16.1. The Balaban J connectivity index is 1.51. The highest BCUT2D eigenvalue weighted by atomic mass is 35.5. The van der Waals surface area contributed by atoms with Gasteiger partial charge in [0.05, 0.1) is 5.69 Å². The molecule has 0 aliphatic carbocycles. The highest BCUT2D eigenvalue weighted by molar-refractivity contribution is 6.36. The van der Waals surface area contributed by atoms with E-state index in [4.69, 9.17) is 23.2 Å². The first kappa shape index (κ1) is 27.9. The van der Waals surface area contributed by atoms with Gasteiger partial charge in [-0.2, -0.15) is 0 Å². The van der Waals surface area contributed by atoms with Crippen molar-refractivity contribution in [2.75, 3.05) is 18.0 Å². The van der Waals surface area contributed by atoms with Crippen LogP contribution in [0.1, 0.15) is 56.0 Å². The Morgan fingerprint density at radius 2 is 1.66 bits per heavy atom. The minimum atomic E-state index is -0.667. The van der Waals surface area contributed by atoms with Gasteiger partial charge in [-0.1, -0.05) is 74.3 Å². The van der Waals surface area contributed by atoms with E-state index in [1.54, 1.807) is 28.0 Å². The smallest absolute Gasteiger partial charge is 0.258 e. The molecule has 1 atom stereocenters. The third-order valence-corrected chi connectivity index (χ3v) is 7.59. The number of nitrogens with zero attached hydrogens (tertiary/aromatic N) is 2. The van der Waals surface area contributed by atoms with E-state index in [1.807, 2.05) is 57.2 Å². The number of hydrogen-bond donors (Lipinski definition) is 1. The molecule has 1 aliphatic rings. The second-order valence-electron chi connectivity index (χ2n) is 10.0. The van der Waals surface area contributed by atoms with Crippen LogP contribution in [0.3, 0.4) is 0 Å². The fourth-order valence-corrected chi connectivity index (χ4v) is 5.45. The largest absolute Gasteiger partial charge is 0.354 e. The van der Waals surface area contributed by atoms with E-state index in [-0.39, 0.29) is 36.6 Å². The lowest BCUT2D eigenvalue weighted by molar-refractivity contribution is -0.141. The highest BCUT2D eigenvalue weighted by Crippen LogP contribution is 2.37. The molecule has 3 amide bonds. The van der Waals surface area contributed by atoms with Gasteiger partial charge in [0.1, 0.15) is 6.04 Å². The molecule has 3 aromatic carbocycles. The van der Waals surface area contributed by atoms with Crippen molar-refractivity contribution < 1.29 is 14.4 Å². The maximum absolute atomic E-state index is 13.6. The lowest BCUT2D eigenvalue weighted by Gasteiger charge is -2.31. The fraction of sp³-hybridized carbons (Fsp3) is 0.367. The van der Waals surface area contributed by atoms with Crippen molar-refractivity contribution in [3.8, 4) is 0 Å². The second-order valence-corrected chi connectivity index (χ2v) is 10.8. The molecule has 4 rings (SSSR count). The number of anilines is 1. The van der Waals surface area contributed by atoms with Gasteiger partial charge in [0.25, 0.3) is 5.91 Å². The van der Waals surface area contributed by atoms with Crippen molar-refractivity contribution in [3.63, 3.8) is 0 Å². The predicted octanol–water partition coefficient (Wildman–Crippen LogP) is 6.47. The van der Waals surface area contributed by atoms with Gasteiger partial charge in [-0.15, -0.1) is 0 Å². The van der Waals surface area contributed by atoms with E-state index in [1.165, 1.54) is 0 Å². The molecule has 38 heavy (non-hydrogen) atoms. The molecular weight excluding hydrogens is 521 g/mol. The third kappa shape index (κ3) is 5.82. The monoisotopic (exact) mass is 553 g/mol. The summed E-state index contributed by atoms with van der Waals surface area (Å²) < 4.78 is 0. The molecule has 0 spiro atoms. The van der Waals surface area contributed by atoms with E-state index in [9.17, 15) is 14.4 Å². The molecule has 200 valence electrons. The quantitative estimate of drug-likeness (QED) is 0.296. The summed E-state index contributed by atoms with van der Waals surface area (Å²) in [7, 11) is 0. The van der Waals surface area contributed by atoms with Crippen molar-refractivity contribution in [1.29, 1.82) is 0 Å². The van der Waals surface area contributed by atoms with E-state index in [0.717, 1.165) is 16.5 Å². The van der Waals surface area contributed by atoms with Gasteiger partial charge in [-0.05, 0) is 48.4 Å². The Morgan fingerprint density at radius 1 is 1.00 bits per heavy atom. The lowest BCUT2D eigenvalue weighted by atomic mass is 10.1. The van der Waals surface area contributed by atoms with Crippen LogP contribution in [-0.2, 0) is 16.1 Å². The van der Waals surface area contributed by atoms with Gasteiger partial charge < -0.3 is 15.1 Å². The minimum absolute atomic E-state index is 0.0524. The predicted molar refractivity (Wildman–Crippen MR) is 154 cm³/mol. The fourth-order valence-electron chi connectivity index (χ4n) is 4.93. The number of nitrogens with one attached hydrogen (secondary N) is 1. The van der Waals surface area contributed by atoms with Crippen LogP contribution in [0.5, 0.6) is 0 Å². The molecule has 8 heteroatoms. The number of carbonyl (C=O) groups is 3. The number of halogens is 2. The van der Waals surface area contributed by atoms with E-state index >= 15 is 0 Å². The Kier molecular flexibility index (Phi) is 8.95. The maximum atomic E-state index is 13.6. The van der Waals surface area contributed by atoms with Crippen LogP contribution >= 0.6 is 23.2 Å². The van der Waals surface area contributed by atoms with Crippen LogP contribution in [0.25, 0.3) is 10.8 Å². The van der Waals surface area contributed by atoms with Crippen LogP contribution in [-0.4, -0.2) is 41.8 Å². The van der Waals surface area contributed by atoms with Gasteiger partial charge in [-0.3, -0.25) is 14.4 Å². The molecule has 3 aromatic rings. The van der Waals surface area contributed by atoms with Crippen molar-refractivity contribution in [1.82, 2.24) is 10.2 Å².